The lowest BCUT2D eigenvalue weighted by Gasteiger charge is -2.45. The van der Waals surface area contributed by atoms with Crippen LogP contribution in [-0.2, 0) is 52.6 Å². The summed E-state index contributed by atoms with van der Waals surface area (Å²) in [6.45, 7) is 16.0. The molecule has 3 saturated heterocycles. The number of piperidine rings is 1. The molecule has 3 aliphatic rings. The van der Waals surface area contributed by atoms with Crippen molar-refractivity contribution in [3.8, 4) is 0 Å². The van der Waals surface area contributed by atoms with Crippen LogP contribution in [0.5, 0.6) is 0 Å². The van der Waals surface area contributed by atoms with Crippen LogP contribution in [-0.4, -0.2) is 141 Å². The molecule has 0 radical (unpaired) electrons. The second-order valence-corrected chi connectivity index (χ2v) is 17.1. The third kappa shape index (κ3) is 8.85. The summed E-state index contributed by atoms with van der Waals surface area (Å²) < 4.78 is 10.6. The number of rotatable bonds is 12. The fraction of sp³-hybridized carbons (Fsp3) is 0.743. The van der Waals surface area contributed by atoms with E-state index < -0.39 is 119 Å². The third-order valence-corrected chi connectivity index (χ3v) is 9.37. The summed E-state index contributed by atoms with van der Waals surface area (Å²) in [5.41, 5.74) is -6.41. The Morgan fingerprint density at radius 2 is 0.808 bits per heavy atom. The average Bonchev–Trinajstić information content (AvgIpc) is 2.98. The van der Waals surface area contributed by atoms with Gasteiger partial charge in [0.05, 0.1) is 35.2 Å². The maximum atomic E-state index is 13.6. The molecule has 0 bridgehead atoms. The fourth-order valence-electron chi connectivity index (χ4n) is 7.31. The van der Waals surface area contributed by atoms with E-state index in [0.717, 1.165) is 19.6 Å². The number of carbonyl (C=O) groups is 9. The first-order valence-corrected chi connectivity index (χ1v) is 17.2. The number of ether oxygens (including phenoxy) is 2. The van der Waals surface area contributed by atoms with Gasteiger partial charge in [0, 0.05) is 10.8 Å². The number of esters is 2. The SMILES string of the molecule is CC1(C)CC(C)(C)C(=O)N(CC(=O)OCCN(CCOC(=O)CN2C(=O)C(C)(C)NC(C)(C)C2=O)C(=O)CN2C(=O)C(C)(C)NC(C)(C)C2=O)C1=O. The van der Waals surface area contributed by atoms with E-state index >= 15 is 0 Å². The molecule has 2 N–H and O–H groups in total. The molecule has 7 amide bonds. The van der Waals surface area contributed by atoms with Gasteiger partial charge in [-0.3, -0.25) is 68.5 Å². The summed E-state index contributed by atoms with van der Waals surface area (Å²) in [6.07, 6.45) is 0.301. The summed E-state index contributed by atoms with van der Waals surface area (Å²) >= 11 is 0. The Kier molecular flexibility index (Phi) is 11.6. The molecular weight excluding hydrogens is 680 g/mol. The molecule has 0 atom stereocenters. The van der Waals surface area contributed by atoms with E-state index in [2.05, 4.69) is 10.6 Å². The molecule has 0 saturated carbocycles. The first-order chi connectivity index (χ1) is 23.5. The summed E-state index contributed by atoms with van der Waals surface area (Å²) in [7, 11) is 0. The molecular formula is C35H54N6O11. The van der Waals surface area contributed by atoms with E-state index in [1.807, 2.05) is 0 Å². The van der Waals surface area contributed by atoms with Gasteiger partial charge in [0.25, 0.3) is 0 Å². The van der Waals surface area contributed by atoms with Gasteiger partial charge in [0.15, 0.2) is 0 Å². The number of piperazine rings is 2. The standard InChI is InChI=1S/C35H54N6O11/c1-30(2)20-31(3,4)25(46)40(24(30)45)18-22(43)51-15-13-38(21(42)17-39-26(47)32(5,6)36-33(7,8)27(39)48)14-16-52-23(44)19-41-28(49)34(9,10)37-35(11,12)29(41)50/h36-37H,13-20H2,1-12H3. The van der Waals surface area contributed by atoms with E-state index in [1.54, 1.807) is 83.1 Å². The van der Waals surface area contributed by atoms with Gasteiger partial charge in [-0.05, 0) is 61.8 Å². The molecule has 0 unspecified atom stereocenters. The molecule has 3 aliphatic heterocycles. The molecule has 17 heteroatoms. The van der Waals surface area contributed by atoms with Crippen LogP contribution in [0, 0.1) is 10.8 Å². The van der Waals surface area contributed by atoms with Crippen molar-refractivity contribution < 1.29 is 52.6 Å². The highest BCUT2D eigenvalue weighted by atomic mass is 16.5. The van der Waals surface area contributed by atoms with Crippen molar-refractivity contribution in [1.82, 2.24) is 30.2 Å². The first-order valence-electron chi connectivity index (χ1n) is 17.2. The van der Waals surface area contributed by atoms with Gasteiger partial charge in [-0.15, -0.1) is 0 Å². The molecule has 3 heterocycles. The van der Waals surface area contributed by atoms with Gasteiger partial charge in [0.1, 0.15) is 32.8 Å². The van der Waals surface area contributed by atoms with Gasteiger partial charge in [-0.2, -0.15) is 0 Å². The molecule has 3 fully saturated rings. The third-order valence-electron chi connectivity index (χ3n) is 9.37. The summed E-state index contributed by atoms with van der Waals surface area (Å²) in [5.74, 6) is -6.11. The van der Waals surface area contributed by atoms with Crippen molar-refractivity contribution in [2.45, 2.75) is 112 Å². The molecule has 0 aromatic rings. The summed E-state index contributed by atoms with van der Waals surface area (Å²) in [4.78, 5) is 121. The van der Waals surface area contributed by atoms with Crippen molar-refractivity contribution in [2.24, 2.45) is 10.8 Å². The minimum atomic E-state index is -1.18. The minimum absolute atomic E-state index is 0.278. The van der Waals surface area contributed by atoms with Crippen LogP contribution in [0.3, 0.4) is 0 Å². The Morgan fingerprint density at radius 1 is 0.519 bits per heavy atom. The monoisotopic (exact) mass is 734 g/mol. The quantitative estimate of drug-likeness (QED) is 0.196. The molecule has 0 aliphatic carbocycles. The highest BCUT2D eigenvalue weighted by molar-refractivity contribution is 6.09. The lowest BCUT2D eigenvalue weighted by atomic mass is 9.70. The van der Waals surface area contributed by atoms with Crippen LogP contribution < -0.4 is 10.6 Å². The number of hydrogen-bond donors (Lipinski definition) is 2. The van der Waals surface area contributed by atoms with Crippen LogP contribution in [0.2, 0.25) is 0 Å². The van der Waals surface area contributed by atoms with E-state index in [1.165, 1.54) is 0 Å². The van der Waals surface area contributed by atoms with Crippen molar-refractivity contribution in [1.29, 1.82) is 0 Å². The predicted octanol–water partition coefficient (Wildman–Crippen LogP) is -0.256. The van der Waals surface area contributed by atoms with Gasteiger partial charge in [-0.1, -0.05) is 27.7 Å². The van der Waals surface area contributed by atoms with Crippen LogP contribution in [0.25, 0.3) is 0 Å². The lowest BCUT2D eigenvalue weighted by molar-refractivity contribution is -0.170. The molecule has 0 spiro atoms. The molecule has 0 aromatic carbocycles. The largest absolute Gasteiger partial charge is 0.462 e. The summed E-state index contributed by atoms with van der Waals surface area (Å²) in [6, 6.07) is 0. The fourth-order valence-corrected chi connectivity index (χ4v) is 7.31. The van der Waals surface area contributed by atoms with Gasteiger partial charge in [-0.25, -0.2) is 0 Å². The van der Waals surface area contributed by atoms with Crippen molar-refractivity contribution >= 4 is 53.3 Å². The van der Waals surface area contributed by atoms with Crippen LogP contribution in [0.4, 0.5) is 0 Å². The van der Waals surface area contributed by atoms with E-state index in [9.17, 15) is 43.2 Å². The number of nitrogens with zero attached hydrogens (tertiary/aromatic N) is 4. The Bertz CT molecular complexity index is 1410. The normalized spacial score (nSPS) is 23.0. The Hall–Kier alpha value is -4.25. The number of imide groups is 3. The number of hydrogen-bond acceptors (Lipinski definition) is 13. The Labute approximate surface area is 304 Å². The zero-order valence-electron chi connectivity index (χ0n) is 32.4. The first kappa shape index (κ1) is 42.2. The molecule has 52 heavy (non-hydrogen) atoms. The zero-order valence-corrected chi connectivity index (χ0v) is 32.4. The molecule has 290 valence electrons. The maximum Gasteiger partial charge on any atom is 0.326 e. The second-order valence-electron chi connectivity index (χ2n) is 17.1. The predicted molar refractivity (Wildman–Crippen MR) is 183 cm³/mol. The highest BCUT2D eigenvalue weighted by Gasteiger charge is 2.52. The molecule has 3 rings (SSSR count). The van der Waals surface area contributed by atoms with Crippen molar-refractivity contribution in [2.75, 3.05) is 45.9 Å². The van der Waals surface area contributed by atoms with Gasteiger partial charge in [0.2, 0.25) is 41.4 Å². The zero-order chi connectivity index (χ0) is 40.0. The van der Waals surface area contributed by atoms with Crippen LogP contribution in [0.15, 0.2) is 0 Å². The minimum Gasteiger partial charge on any atom is -0.462 e. The number of carbonyl (C=O) groups excluding carboxylic acids is 9. The van der Waals surface area contributed by atoms with Crippen LogP contribution in [0.1, 0.15) is 89.5 Å². The number of nitrogens with one attached hydrogen (secondary N) is 2. The second kappa shape index (κ2) is 14.3. The Morgan fingerprint density at radius 3 is 1.13 bits per heavy atom. The molecule has 0 aromatic heterocycles. The van der Waals surface area contributed by atoms with E-state index in [0.29, 0.717) is 6.42 Å². The van der Waals surface area contributed by atoms with E-state index in [-0.39, 0.29) is 13.1 Å². The summed E-state index contributed by atoms with van der Waals surface area (Å²) in [5, 5.41) is 5.92. The maximum absolute atomic E-state index is 13.6. The number of likely N-dealkylation sites (tertiary alicyclic amines) is 1. The topological polar surface area (TPSA) is 209 Å². The van der Waals surface area contributed by atoms with Gasteiger partial charge >= 0.3 is 11.9 Å². The average molecular weight is 735 g/mol. The van der Waals surface area contributed by atoms with E-state index in [4.69, 9.17) is 9.47 Å². The van der Waals surface area contributed by atoms with Gasteiger partial charge < -0.3 is 14.4 Å². The van der Waals surface area contributed by atoms with Crippen LogP contribution >= 0.6 is 0 Å². The van der Waals surface area contributed by atoms with Crippen molar-refractivity contribution in [3.05, 3.63) is 0 Å². The van der Waals surface area contributed by atoms with Crippen molar-refractivity contribution in [3.63, 3.8) is 0 Å². The number of amides is 7. The molecule has 17 nitrogen and oxygen atoms in total. The highest BCUT2D eigenvalue weighted by Crippen LogP contribution is 2.41. The Balaban J connectivity index is 1.72. The lowest BCUT2D eigenvalue weighted by Crippen LogP contribution is -2.73. The smallest absolute Gasteiger partial charge is 0.326 e.